The lowest BCUT2D eigenvalue weighted by molar-refractivity contribution is -0.0241. The zero-order chi connectivity index (χ0) is 36.2. The largest absolute Gasteiger partial charge is 0.508 e. The maximum absolute atomic E-state index is 17.3. The van der Waals surface area contributed by atoms with Crippen molar-refractivity contribution in [2.24, 2.45) is 5.41 Å². The van der Waals surface area contributed by atoms with Gasteiger partial charge in [-0.2, -0.15) is 9.97 Å². The normalized spacial score (nSPS) is 26.7. The molecule has 52 heavy (non-hydrogen) atoms. The first-order valence-corrected chi connectivity index (χ1v) is 18.0. The number of β-amino-alcohol motifs (C(OH)–C–C–N with tert-alkyl or cyclic N) is 1. The summed E-state index contributed by atoms with van der Waals surface area (Å²) in [6.07, 6.45) is 12.0. The lowest BCUT2D eigenvalue weighted by atomic mass is 9.75. The molecule has 0 amide bonds. The molecule has 2 aromatic carbocycles. The summed E-state index contributed by atoms with van der Waals surface area (Å²) in [6, 6.07) is 6.10. The highest BCUT2D eigenvalue weighted by atomic mass is 19.1. The maximum Gasteiger partial charge on any atom is 0.319 e. The molecule has 4 aromatic rings. The molecule has 0 radical (unpaired) electrons. The number of fused-ring (bicyclic) bond motifs is 3. The molecule has 11 nitrogen and oxygen atoms in total. The molecule has 3 saturated heterocycles. The van der Waals surface area contributed by atoms with Crippen LogP contribution in [-0.2, 0) is 9.47 Å². The number of methoxy groups -OCH3 is 1. The van der Waals surface area contributed by atoms with Crippen LogP contribution in [0.4, 0.5) is 14.6 Å². The van der Waals surface area contributed by atoms with Gasteiger partial charge in [0.1, 0.15) is 39.6 Å². The van der Waals surface area contributed by atoms with E-state index in [1.165, 1.54) is 31.4 Å². The lowest BCUT2D eigenvalue weighted by Gasteiger charge is -2.48. The van der Waals surface area contributed by atoms with Crippen molar-refractivity contribution < 1.29 is 37.9 Å². The molecule has 1 unspecified atom stereocenters. The molecule has 8 rings (SSSR count). The van der Waals surface area contributed by atoms with Crippen LogP contribution in [0.5, 0.6) is 17.6 Å². The van der Waals surface area contributed by atoms with Gasteiger partial charge in [-0.05, 0) is 69.2 Å². The Morgan fingerprint density at radius 2 is 1.90 bits per heavy atom. The highest BCUT2D eigenvalue weighted by molar-refractivity contribution is 6.04. The summed E-state index contributed by atoms with van der Waals surface area (Å²) >= 11 is 0. The number of anilines is 1. The minimum absolute atomic E-state index is 0.0101. The van der Waals surface area contributed by atoms with E-state index in [1.54, 1.807) is 6.92 Å². The van der Waals surface area contributed by atoms with Crippen molar-refractivity contribution in [3.8, 4) is 41.2 Å². The lowest BCUT2D eigenvalue weighted by Crippen LogP contribution is -2.55. The number of hydrogen-bond acceptors (Lipinski definition) is 11. The number of halogens is 2. The third kappa shape index (κ3) is 6.05. The summed E-state index contributed by atoms with van der Waals surface area (Å²) in [7, 11) is 1.40. The Morgan fingerprint density at radius 1 is 1.06 bits per heavy atom. The molecule has 2 N–H and O–H groups in total. The standard InChI is InChI=1S/C39H43F2N5O6/c1-4-26-28(40)9-8-23-17-25(47)18-27(30(23)26)33-32(41)34-31(36(42-33)49-3)35(45-14-16-51-21-38(2,48)20-45)44-37(43-34)52-22-39-11-5-7-29(39)46(13-6-12-39)24-10-15-50-19-24/h1,8-9,17-18,24,29,47-48H,5-7,10-16,19-22H2,2-3H3/t24?,29-,38+,39-/m1/s1. The number of aromatic nitrogens is 3. The number of benzene rings is 2. The summed E-state index contributed by atoms with van der Waals surface area (Å²) in [5.74, 6) is 0.922. The van der Waals surface area contributed by atoms with Gasteiger partial charge >= 0.3 is 6.01 Å². The number of likely N-dealkylation sites (tertiary alicyclic amines) is 1. The van der Waals surface area contributed by atoms with Gasteiger partial charge in [0.15, 0.2) is 5.82 Å². The number of terminal acetylenes is 1. The zero-order valence-electron chi connectivity index (χ0n) is 29.5. The Morgan fingerprint density at radius 3 is 2.69 bits per heavy atom. The summed E-state index contributed by atoms with van der Waals surface area (Å²) in [5, 5.41) is 22.6. The fourth-order valence-corrected chi connectivity index (χ4v) is 9.03. The van der Waals surface area contributed by atoms with Crippen LogP contribution < -0.4 is 14.4 Å². The molecule has 5 heterocycles. The molecule has 13 heteroatoms. The molecule has 0 bridgehead atoms. The second kappa shape index (κ2) is 13.6. The number of ether oxygens (including phenoxy) is 4. The van der Waals surface area contributed by atoms with Crippen molar-refractivity contribution in [1.29, 1.82) is 0 Å². The molecule has 0 spiro atoms. The third-order valence-corrected chi connectivity index (χ3v) is 11.3. The van der Waals surface area contributed by atoms with Crippen LogP contribution in [0.1, 0.15) is 51.0 Å². The van der Waals surface area contributed by atoms with E-state index in [4.69, 9.17) is 30.4 Å². The van der Waals surface area contributed by atoms with Crippen LogP contribution in [0.2, 0.25) is 0 Å². The topological polar surface area (TPSA) is 123 Å². The molecule has 2 aromatic heterocycles. The van der Waals surface area contributed by atoms with Gasteiger partial charge in [0.25, 0.3) is 0 Å². The number of phenols is 1. The molecule has 4 fully saturated rings. The van der Waals surface area contributed by atoms with Gasteiger partial charge in [-0.3, -0.25) is 4.90 Å². The molecule has 4 aliphatic rings. The first-order chi connectivity index (χ1) is 25.1. The Labute approximate surface area is 300 Å². The average molecular weight is 716 g/mol. The third-order valence-electron chi connectivity index (χ3n) is 11.3. The minimum atomic E-state index is -1.24. The van der Waals surface area contributed by atoms with Gasteiger partial charge in [-0.1, -0.05) is 18.4 Å². The highest BCUT2D eigenvalue weighted by Crippen LogP contribution is 2.49. The van der Waals surface area contributed by atoms with Crippen LogP contribution in [0, 0.1) is 29.4 Å². The fourth-order valence-electron chi connectivity index (χ4n) is 9.03. The van der Waals surface area contributed by atoms with Crippen LogP contribution in [0.25, 0.3) is 32.9 Å². The Kier molecular flexibility index (Phi) is 9.06. The zero-order valence-corrected chi connectivity index (χ0v) is 29.5. The smallest absolute Gasteiger partial charge is 0.319 e. The predicted octanol–water partition coefficient (Wildman–Crippen LogP) is 5.21. The van der Waals surface area contributed by atoms with E-state index in [9.17, 15) is 10.2 Å². The Balaban J connectivity index is 1.28. The van der Waals surface area contributed by atoms with E-state index in [-0.39, 0.29) is 81.7 Å². The van der Waals surface area contributed by atoms with Crippen molar-refractivity contribution in [2.45, 2.75) is 63.1 Å². The highest BCUT2D eigenvalue weighted by Gasteiger charge is 2.50. The number of hydrogen-bond donors (Lipinski definition) is 2. The van der Waals surface area contributed by atoms with Gasteiger partial charge in [-0.25, -0.2) is 13.8 Å². The number of piperidine rings is 1. The number of pyridine rings is 1. The molecule has 1 aliphatic carbocycles. The second-order valence-electron chi connectivity index (χ2n) is 14.9. The van der Waals surface area contributed by atoms with Crippen molar-refractivity contribution in [1.82, 2.24) is 19.9 Å². The van der Waals surface area contributed by atoms with Crippen molar-refractivity contribution in [3.05, 3.63) is 41.5 Å². The molecule has 3 aliphatic heterocycles. The van der Waals surface area contributed by atoms with Crippen LogP contribution >= 0.6 is 0 Å². The quantitative estimate of drug-likeness (QED) is 0.246. The van der Waals surface area contributed by atoms with Crippen LogP contribution in [-0.4, -0.2) is 108 Å². The number of rotatable bonds is 7. The van der Waals surface area contributed by atoms with Crippen molar-refractivity contribution >= 4 is 27.5 Å². The summed E-state index contributed by atoms with van der Waals surface area (Å²) in [6.45, 7) is 5.43. The van der Waals surface area contributed by atoms with Gasteiger partial charge in [-0.15, -0.1) is 6.42 Å². The summed E-state index contributed by atoms with van der Waals surface area (Å²) in [5.41, 5.74) is -1.77. The van der Waals surface area contributed by atoms with E-state index in [0.717, 1.165) is 58.3 Å². The Bertz CT molecular complexity index is 2070. The minimum Gasteiger partial charge on any atom is -0.508 e. The molecule has 4 atom stereocenters. The fraction of sp³-hybridized carbons (Fsp3) is 0.513. The van der Waals surface area contributed by atoms with Gasteiger partial charge in [0, 0.05) is 41.6 Å². The second-order valence-corrected chi connectivity index (χ2v) is 14.9. The van der Waals surface area contributed by atoms with Gasteiger partial charge < -0.3 is 34.1 Å². The monoisotopic (exact) mass is 715 g/mol. The van der Waals surface area contributed by atoms with E-state index in [0.29, 0.717) is 30.6 Å². The molecular formula is C39H43F2N5O6. The van der Waals surface area contributed by atoms with Crippen molar-refractivity contribution in [2.75, 3.05) is 64.7 Å². The summed E-state index contributed by atoms with van der Waals surface area (Å²) < 4.78 is 56.1. The van der Waals surface area contributed by atoms with E-state index in [2.05, 4.69) is 20.8 Å². The summed E-state index contributed by atoms with van der Waals surface area (Å²) in [4.78, 5) is 18.6. The first kappa shape index (κ1) is 34.7. The van der Waals surface area contributed by atoms with Gasteiger partial charge in [0.2, 0.25) is 5.88 Å². The van der Waals surface area contributed by atoms with Gasteiger partial charge in [0.05, 0.1) is 45.6 Å². The van der Waals surface area contributed by atoms with E-state index >= 15 is 8.78 Å². The first-order valence-electron chi connectivity index (χ1n) is 18.0. The molecular weight excluding hydrogens is 672 g/mol. The molecule has 1 saturated carbocycles. The number of aromatic hydroxyl groups is 1. The number of phenolic OH excluding ortho intramolecular Hbond substituents is 1. The average Bonchev–Trinajstić information content (AvgIpc) is 3.79. The SMILES string of the molecule is C#Cc1c(F)ccc2cc(O)cc(-c3nc(OC)c4c(N5CCOC[C@@](C)(O)C5)nc(OC[C@]56CCC[C@H]5N(C5CCOC5)CCC6)nc4c3F)c12. The van der Waals surface area contributed by atoms with Crippen LogP contribution in [0.3, 0.4) is 0 Å². The van der Waals surface area contributed by atoms with Crippen LogP contribution in [0.15, 0.2) is 24.3 Å². The van der Waals surface area contributed by atoms with Crippen molar-refractivity contribution in [3.63, 3.8) is 0 Å². The predicted molar refractivity (Wildman–Crippen MR) is 191 cm³/mol. The number of aliphatic hydroxyl groups is 1. The number of nitrogens with zero attached hydrogens (tertiary/aromatic N) is 5. The molecule has 274 valence electrons. The van der Waals surface area contributed by atoms with E-state index < -0.39 is 17.2 Å². The Hall–Kier alpha value is -4.35. The van der Waals surface area contributed by atoms with E-state index in [1.807, 2.05) is 4.90 Å². The maximum atomic E-state index is 17.3.